The van der Waals surface area contributed by atoms with Gasteiger partial charge in [0.2, 0.25) is 0 Å². The van der Waals surface area contributed by atoms with E-state index in [4.69, 9.17) is 21.1 Å². The third-order valence-corrected chi connectivity index (χ3v) is 4.44. The second-order valence-corrected chi connectivity index (χ2v) is 7.05. The molecule has 3 aromatic rings. The van der Waals surface area contributed by atoms with E-state index in [0.29, 0.717) is 27.5 Å². The third-order valence-electron chi connectivity index (χ3n) is 4.22. The van der Waals surface area contributed by atoms with E-state index >= 15 is 0 Å². The lowest BCUT2D eigenvalue weighted by molar-refractivity contribution is -0.155. The normalized spacial score (nSPS) is 11.9. The zero-order valence-electron chi connectivity index (χ0n) is 16.1. The highest BCUT2D eigenvalue weighted by molar-refractivity contribution is 6.30. The third kappa shape index (κ3) is 4.97. The molecule has 0 aliphatic rings. The molecular formula is C20H20ClN3O5. The molecule has 0 unspecified atom stereocenters. The molecule has 1 amide bonds. The number of amides is 1. The minimum absolute atomic E-state index is 0.336. The molecule has 2 aromatic carbocycles. The molecule has 152 valence electrons. The summed E-state index contributed by atoms with van der Waals surface area (Å²) in [5.41, 5.74) is 2.90. The largest absolute Gasteiger partial charge is 0.481 e. The SMILES string of the molecule is Cc1cc(Cl)cc(C)c1OCC(=O)O[C@H](C)C(=O)Nc1ccc2[nH]c(=O)[nH]c2c1. The van der Waals surface area contributed by atoms with E-state index in [1.54, 1.807) is 30.3 Å². The van der Waals surface area contributed by atoms with Crippen molar-refractivity contribution >= 4 is 40.2 Å². The number of H-pyrrole nitrogens is 2. The zero-order valence-corrected chi connectivity index (χ0v) is 16.8. The van der Waals surface area contributed by atoms with Crippen LogP contribution in [0.3, 0.4) is 0 Å². The van der Waals surface area contributed by atoms with Gasteiger partial charge in [-0.05, 0) is 62.2 Å². The molecule has 0 aliphatic heterocycles. The van der Waals surface area contributed by atoms with Crippen molar-refractivity contribution in [2.24, 2.45) is 0 Å². The first-order valence-electron chi connectivity index (χ1n) is 8.85. The smallest absolute Gasteiger partial charge is 0.344 e. The summed E-state index contributed by atoms with van der Waals surface area (Å²) in [6.07, 6.45) is -1.03. The number of carbonyl (C=O) groups is 2. The number of benzene rings is 2. The number of carbonyl (C=O) groups excluding carboxylic acids is 2. The second kappa shape index (κ2) is 8.40. The van der Waals surface area contributed by atoms with Crippen molar-refractivity contribution < 1.29 is 19.1 Å². The molecule has 0 radical (unpaired) electrons. The molecule has 0 fully saturated rings. The van der Waals surface area contributed by atoms with Crippen LogP contribution in [0.15, 0.2) is 35.1 Å². The Morgan fingerprint density at radius 1 is 1.10 bits per heavy atom. The lowest BCUT2D eigenvalue weighted by Gasteiger charge is -2.15. The maximum atomic E-state index is 12.3. The van der Waals surface area contributed by atoms with Crippen LogP contribution in [-0.2, 0) is 14.3 Å². The minimum atomic E-state index is -1.03. The monoisotopic (exact) mass is 417 g/mol. The summed E-state index contributed by atoms with van der Waals surface area (Å²) < 4.78 is 10.7. The van der Waals surface area contributed by atoms with E-state index in [9.17, 15) is 14.4 Å². The first-order chi connectivity index (χ1) is 13.7. The molecule has 0 bridgehead atoms. The average Bonchev–Trinajstić information content (AvgIpc) is 2.99. The number of aromatic amines is 2. The molecule has 1 aromatic heterocycles. The summed E-state index contributed by atoms with van der Waals surface area (Å²) in [6.45, 7) is 4.77. The van der Waals surface area contributed by atoms with E-state index in [1.165, 1.54) is 6.92 Å². The molecule has 0 aliphatic carbocycles. The number of halogens is 1. The van der Waals surface area contributed by atoms with E-state index in [2.05, 4.69) is 15.3 Å². The van der Waals surface area contributed by atoms with Crippen LogP contribution in [0.2, 0.25) is 5.02 Å². The molecular weight excluding hydrogens is 398 g/mol. The van der Waals surface area contributed by atoms with Crippen LogP contribution in [0.1, 0.15) is 18.1 Å². The van der Waals surface area contributed by atoms with Crippen molar-refractivity contribution in [1.29, 1.82) is 0 Å². The lowest BCUT2D eigenvalue weighted by Crippen LogP contribution is -2.31. The Morgan fingerprint density at radius 3 is 2.45 bits per heavy atom. The summed E-state index contributed by atoms with van der Waals surface area (Å²) >= 11 is 5.98. The number of aromatic nitrogens is 2. The van der Waals surface area contributed by atoms with Crippen LogP contribution in [0.25, 0.3) is 11.0 Å². The van der Waals surface area contributed by atoms with Gasteiger partial charge in [0, 0.05) is 10.7 Å². The topological polar surface area (TPSA) is 113 Å². The first-order valence-corrected chi connectivity index (χ1v) is 9.22. The van der Waals surface area contributed by atoms with Crippen LogP contribution < -0.4 is 15.7 Å². The van der Waals surface area contributed by atoms with Gasteiger partial charge in [-0.3, -0.25) is 4.79 Å². The molecule has 0 spiro atoms. The van der Waals surface area contributed by atoms with Crippen molar-refractivity contribution in [3.05, 3.63) is 57.0 Å². The number of ether oxygens (including phenoxy) is 2. The Kier molecular flexibility index (Phi) is 5.93. The standard InChI is InChI=1S/C20H20ClN3O5/c1-10-6-13(21)7-11(2)18(10)28-9-17(25)29-12(3)19(26)22-14-4-5-15-16(8-14)24-20(27)23-15/h4-8,12H,9H2,1-3H3,(H,22,26)(H2,23,24,27)/t12-/m1/s1. The van der Waals surface area contributed by atoms with Gasteiger partial charge in [0.1, 0.15) is 5.75 Å². The van der Waals surface area contributed by atoms with Crippen molar-refractivity contribution in [3.63, 3.8) is 0 Å². The summed E-state index contributed by atoms with van der Waals surface area (Å²) in [5, 5.41) is 3.22. The van der Waals surface area contributed by atoms with Gasteiger partial charge in [0.15, 0.2) is 12.7 Å². The number of hydrogen-bond acceptors (Lipinski definition) is 5. The van der Waals surface area contributed by atoms with Crippen molar-refractivity contribution in [3.8, 4) is 5.75 Å². The number of hydrogen-bond donors (Lipinski definition) is 3. The molecule has 0 saturated carbocycles. The van der Waals surface area contributed by atoms with Crippen LogP contribution in [0, 0.1) is 13.8 Å². The van der Waals surface area contributed by atoms with Gasteiger partial charge in [-0.25, -0.2) is 9.59 Å². The van der Waals surface area contributed by atoms with Crippen LogP contribution in [-0.4, -0.2) is 34.6 Å². The predicted octanol–water partition coefficient (Wildman–Crippen LogP) is 3.08. The van der Waals surface area contributed by atoms with Gasteiger partial charge >= 0.3 is 11.7 Å². The second-order valence-electron chi connectivity index (χ2n) is 6.62. The Balaban J connectivity index is 1.55. The predicted molar refractivity (Wildman–Crippen MR) is 110 cm³/mol. The average molecular weight is 418 g/mol. The highest BCUT2D eigenvalue weighted by Crippen LogP contribution is 2.27. The van der Waals surface area contributed by atoms with Gasteiger partial charge in [-0.2, -0.15) is 0 Å². The summed E-state index contributed by atoms with van der Waals surface area (Å²) in [6, 6.07) is 8.37. The molecule has 8 nitrogen and oxygen atoms in total. The highest BCUT2D eigenvalue weighted by Gasteiger charge is 2.19. The number of esters is 1. The van der Waals surface area contributed by atoms with Crippen molar-refractivity contribution in [2.45, 2.75) is 26.9 Å². The summed E-state index contributed by atoms with van der Waals surface area (Å²) in [4.78, 5) is 40.9. The number of nitrogens with one attached hydrogen (secondary N) is 3. The fourth-order valence-corrected chi connectivity index (χ4v) is 3.22. The maximum Gasteiger partial charge on any atom is 0.344 e. The summed E-state index contributed by atoms with van der Waals surface area (Å²) in [5.74, 6) is -0.626. The molecule has 3 rings (SSSR count). The minimum Gasteiger partial charge on any atom is -0.481 e. The Labute approximate surface area is 171 Å². The van der Waals surface area contributed by atoms with Crippen LogP contribution >= 0.6 is 11.6 Å². The highest BCUT2D eigenvalue weighted by atomic mass is 35.5. The molecule has 3 N–H and O–H groups in total. The number of anilines is 1. The molecule has 1 heterocycles. The zero-order chi connectivity index (χ0) is 21.1. The Hall–Kier alpha value is -3.26. The van der Waals surface area contributed by atoms with Gasteiger partial charge in [-0.1, -0.05) is 11.6 Å². The molecule has 1 atom stereocenters. The number of fused-ring (bicyclic) bond motifs is 1. The van der Waals surface area contributed by atoms with Gasteiger partial charge in [-0.15, -0.1) is 0 Å². The van der Waals surface area contributed by atoms with E-state index < -0.39 is 18.0 Å². The Morgan fingerprint density at radius 2 is 1.76 bits per heavy atom. The van der Waals surface area contributed by atoms with Crippen LogP contribution in [0.4, 0.5) is 5.69 Å². The molecule has 0 saturated heterocycles. The quantitative estimate of drug-likeness (QED) is 0.533. The van der Waals surface area contributed by atoms with E-state index in [-0.39, 0.29) is 12.3 Å². The fraction of sp³-hybridized carbons (Fsp3) is 0.250. The fourth-order valence-electron chi connectivity index (χ4n) is 2.90. The van der Waals surface area contributed by atoms with Crippen molar-refractivity contribution in [1.82, 2.24) is 9.97 Å². The first kappa shape index (κ1) is 20.5. The Bertz CT molecular complexity index is 1110. The van der Waals surface area contributed by atoms with Crippen molar-refractivity contribution in [2.75, 3.05) is 11.9 Å². The number of rotatable bonds is 6. The van der Waals surface area contributed by atoms with E-state index in [1.807, 2.05) is 13.8 Å². The molecule has 29 heavy (non-hydrogen) atoms. The maximum absolute atomic E-state index is 12.3. The summed E-state index contributed by atoms with van der Waals surface area (Å²) in [7, 11) is 0. The lowest BCUT2D eigenvalue weighted by atomic mass is 10.1. The van der Waals surface area contributed by atoms with E-state index in [0.717, 1.165) is 11.1 Å². The number of imidazole rings is 1. The molecule has 9 heteroatoms. The van der Waals surface area contributed by atoms with Gasteiger partial charge in [0.05, 0.1) is 11.0 Å². The number of aryl methyl sites for hydroxylation is 2. The van der Waals surface area contributed by atoms with Gasteiger partial charge < -0.3 is 24.8 Å². The van der Waals surface area contributed by atoms with Crippen LogP contribution in [0.5, 0.6) is 5.75 Å². The van der Waals surface area contributed by atoms with Gasteiger partial charge in [0.25, 0.3) is 5.91 Å².